The van der Waals surface area contributed by atoms with Crippen molar-refractivity contribution in [2.45, 2.75) is 13.0 Å². The van der Waals surface area contributed by atoms with Crippen molar-refractivity contribution in [1.82, 2.24) is 4.57 Å². The van der Waals surface area contributed by atoms with Gasteiger partial charge in [-0.25, -0.2) is 0 Å². The maximum absolute atomic E-state index is 11.2. The Hall–Kier alpha value is -3.73. The highest BCUT2D eigenvalue weighted by Gasteiger charge is 2.12. The van der Waals surface area contributed by atoms with Gasteiger partial charge in [-0.05, 0) is 41.5 Å². The van der Waals surface area contributed by atoms with Crippen LogP contribution in [0.5, 0.6) is 5.75 Å². The number of rotatable bonds is 7. The first-order valence-electron chi connectivity index (χ1n) is 9.80. The number of fused-ring (bicyclic) bond motifs is 1. The number of para-hydroxylation sites is 1. The number of nitrogens with zero attached hydrogens (tertiary/aromatic N) is 2. The van der Waals surface area contributed by atoms with E-state index in [0.29, 0.717) is 6.54 Å². The summed E-state index contributed by atoms with van der Waals surface area (Å²) in [5.41, 5.74) is 5.17. The average molecular weight is 400 g/mol. The summed E-state index contributed by atoms with van der Waals surface area (Å²) in [6.07, 6.45) is 1.98. The molecule has 4 rings (SSSR count). The fourth-order valence-corrected chi connectivity index (χ4v) is 3.75. The van der Waals surface area contributed by atoms with Crippen molar-refractivity contribution in [3.05, 3.63) is 90.1 Å². The molecule has 5 nitrogen and oxygen atoms in total. The number of ether oxygens (including phenoxy) is 1. The van der Waals surface area contributed by atoms with Crippen LogP contribution in [0.2, 0.25) is 0 Å². The van der Waals surface area contributed by atoms with Crippen LogP contribution in [-0.4, -0.2) is 29.8 Å². The van der Waals surface area contributed by atoms with Crippen LogP contribution >= 0.6 is 0 Å². The normalized spacial score (nSPS) is 10.9. The minimum absolute atomic E-state index is 0.0256. The lowest BCUT2D eigenvalue weighted by molar-refractivity contribution is -0.136. The molecule has 0 saturated heterocycles. The zero-order chi connectivity index (χ0) is 21.1. The lowest BCUT2D eigenvalue weighted by atomic mass is 10.1. The predicted octanol–water partition coefficient (Wildman–Crippen LogP) is 5.09. The molecule has 1 heterocycles. The second-order valence-electron chi connectivity index (χ2n) is 7.30. The van der Waals surface area contributed by atoms with Crippen LogP contribution in [0.4, 0.5) is 11.4 Å². The summed E-state index contributed by atoms with van der Waals surface area (Å²) in [7, 11) is 3.70. The van der Waals surface area contributed by atoms with Gasteiger partial charge in [0.1, 0.15) is 5.75 Å². The van der Waals surface area contributed by atoms with Gasteiger partial charge in [0, 0.05) is 48.1 Å². The first kappa shape index (κ1) is 19.6. The number of anilines is 2. The number of hydrogen-bond acceptors (Lipinski definition) is 3. The first-order chi connectivity index (χ1) is 14.5. The third kappa shape index (κ3) is 4.01. The fraction of sp³-hybridized carbons (Fsp3) is 0.160. The molecule has 0 bridgehead atoms. The average Bonchev–Trinajstić information content (AvgIpc) is 3.10. The second kappa shape index (κ2) is 8.33. The minimum Gasteiger partial charge on any atom is -0.497 e. The monoisotopic (exact) mass is 400 g/mol. The topological polar surface area (TPSA) is 54.7 Å². The Kier molecular flexibility index (Phi) is 5.44. The molecule has 152 valence electrons. The van der Waals surface area contributed by atoms with Crippen LogP contribution < -0.4 is 9.64 Å². The Morgan fingerprint density at radius 3 is 2.50 bits per heavy atom. The van der Waals surface area contributed by atoms with Crippen LogP contribution in [0.1, 0.15) is 11.1 Å². The number of carbonyl (C=O) groups is 1. The Balaban J connectivity index is 1.57. The van der Waals surface area contributed by atoms with Gasteiger partial charge in [0.25, 0.3) is 0 Å². The van der Waals surface area contributed by atoms with E-state index in [4.69, 9.17) is 4.74 Å². The number of aromatic nitrogens is 1. The molecule has 0 aliphatic carbocycles. The van der Waals surface area contributed by atoms with Gasteiger partial charge in [-0.15, -0.1) is 0 Å². The Morgan fingerprint density at radius 2 is 1.77 bits per heavy atom. The predicted molar refractivity (Wildman–Crippen MR) is 120 cm³/mol. The molecule has 0 aliphatic heterocycles. The van der Waals surface area contributed by atoms with E-state index in [9.17, 15) is 9.90 Å². The van der Waals surface area contributed by atoms with Crippen molar-refractivity contribution in [1.29, 1.82) is 0 Å². The van der Waals surface area contributed by atoms with Crippen molar-refractivity contribution in [3.8, 4) is 5.75 Å². The lowest BCUT2D eigenvalue weighted by Gasteiger charge is -2.20. The number of methoxy groups -OCH3 is 1. The van der Waals surface area contributed by atoms with Crippen molar-refractivity contribution < 1.29 is 14.6 Å². The Morgan fingerprint density at radius 1 is 1.00 bits per heavy atom. The molecule has 0 spiro atoms. The van der Waals surface area contributed by atoms with E-state index in [1.807, 2.05) is 61.8 Å². The summed E-state index contributed by atoms with van der Waals surface area (Å²) in [5, 5.41) is 10.2. The van der Waals surface area contributed by atoms with E-state index in [2.05, 4.69) is 33.7 Å². The molecule has 0 fully saturated rings. The zero-order valence-corrected chi connectivity index (χ0v) is 17.1. The quantitative estimate of drug-likeness (QED) is 0.469. The fourth-order valence-electron chi connectivity index (χ4n) is 3.75. The van der Waals surface area contributed by atoms with Crippen molar-refractivity contribution >= 4 is 28.2 Å². The molecule has 0 amide bonds. The maximum Gasteiger partial charge on any atom is 0.307 e. The number of benzene rings is 3. The molecule has 0 saturated carbocycles. The standard InChI is InChI=1S/C25H24N2O3/c1-26(21-6-5-7-22(15-21)30-2)20-12-10-18(11-13-20)16-27-17-19(14-25(28)29)23-8-3-4-9-24(23)27/h3-13,15,17H,14,16H2,1-2H3,(H,28,29). The molecule has 5 heteroatoms. The van der Waals surface area contributed by atoms with Crippen LogP contribution in [0, 0.1) is 0 Å². The van der Waals surface area contributed by atoms with Gasteiger partial charge in [-0.3, -0.25) is 4.79 Å². The third-order valence-corrected chi connectivity index (χ3v) is 5.33. The van der Waals surface area contributed by atoms with Crippen LogP contribution in [0.15, 0.2) is 79.0 Å². The van der Waals surface area contributed by atoms with Gasteiger partial charge in [-0.2, -0.15) is 0 Å². The van der Waals surface area contributed by atoms with E-state index in [1.165, 1.54) is 0 Å². The number of aliphatic carboxylic acids is 1. The number of carboxylic acid groups (broad SMARTS) is 1. The second-order valence-corrected chi connectivity index (χ2v) is 7.30. The maximum atomic E-state index is 11.2. The Labute approximate surface area is 175 Å². The van der Waals surface area contributed by atoms with Crippen LogP contribution in [0.25, 0.3) is 10.9 Å². The largest absolute Gasteiger partial charge is 0.497 e. The molecule has 0 radical (unpaired) electrons. The first-order valence-corrected chi connectivity index (χ1v) is 9.80. The van der Waals surface area contributed by atoms with E-state index in [-0.39, 0.29) is 6.42 Å². The molecular weight excluding hydrogens is 376 g/mol. The highest BCUT2D eigenvalue weighted by Crippen LogP contribution is 2.28. The summed E-state index contributed by atoms with van der Waals surface area (Å²) in [6.45, 7) is 0.684. The molecule has 1 N–H and O–H groups in total. The van der Waals surface area contributed by atoms with E-state index >= 15 is 0 Å². The summed E-state index contributed by atoms with van der Waals surface area (Å²) in [6, 6.07) is 24.3. The molecule has 1 aromatic heterocycles. The van der Waals surface area contributed by atoms with Crippen molar-refractivity contribution in [3.63, 3.8) is 0 Å². The molecule has 3 aromatic carbocycles. The summed E-state index contributed by atoms with van der Waals surface area (Å²) < 4.78 is 7.44. The number of carboxylic acids is 1. The molecule has 30 heavy (non-hydrogen) atoms. The van der Waals surface area contributed by atoms with Crippen molar-refractivity contribution in [2.75, 3.05) is 19.1 Å². The SMILES string of the molecule is COc1cccc(N(C)c2ccc(Cn3cc(CC(=O)O)c4ccccc43)cc2)c1. The molecule has 0 aliphatic rings. The summed E-state index contributed by atoms with van der Waals surface area (Å²) >= 11 is 0. The van der Waals surface area contributed by atoms with Gasteiger partial charge in [0.05, 0.1) is 13.5 Å². The molecule has 4 aromatic rings. The smallest absolute Gasteiger partial charge is 0.307 e. The lowest BCUT2D eigenvalue weighted by Crippen LogP contribution is -2.09. The van der Waals surface area contributed by atoms with E-state index in [1.54, 1.807) is 7.11 Å². The third-order valence-electron chi connectivity index (χ3n) is 5.33. The highest BCUT2D eigenvalue weighted by molar-refractivity contribution is 5.87. The zero-order valence-electron chi connectivity index (χ0n) is 17.1. The Bertz CT molecular complexity index is 1180. The minimum atomic E-state index is -0.817. The summed E-state index contributed by atoms with van der Waals surface area (Å²) in [5.74, 6) is 0.00968. The van der Waals surface area contributed by atoms with Gasteiger partial charge < -0.3 is 19.3 Å². The summed E-state index contributed by atoms with van der Waals surface area (Å²) in [4.78, 5) is 13.3. The van der Waals surface area contributed by atoms with Crippen LogP contribution in [0.3, 0.4) is 0 Å². The van der Waals surface area contributed by atoms with Gasteiger partial charge >= 0.3 is 5.97 Å². The molecule has 0 unspecified atom stereocenters. The highest BCUT2D eigenvalue weighted by atomic mass is 16.5. The van der Waals surface area contributed by atoms with E-state index < -0.39 is 5.97 Å². The van der Waals surface area contributed by atoms with Crippen molar-refractivity contribution in [2.24, 2.45) is 0 Å². The van der Waals surface area contributed by atoms with Gasteiger partial charge in [0.2, 0.25) is 0 Å². The molecule has 0 atom stereocenters. The van der Waals surface area contributed by atoms with Gasteiger partial charge in [0.15, 0.2) is 0 Å². The molecular formula is C25H24N2O3. The number of hydrogen-bond donors (Lipinski definition) is 1. The van der Waals surface area contributed by atoms with Crippen LogP contribution in [-0.2, 0) is 17.8 Å². The van der Waals surface area contributed by atoms with Gasteiger partial charge in [-0.1, -0.05) is 36.4 Å². The van der Waals surface area contributed by atoms with E-state index in [0.717, 1.165) is 39.2 Å².